The van der Waals surface area contributed by atoms with Gasteiger partial charge < -0.3 is 24.5 Å². The van der Waals surface area contributed by atoms with E-state index in [-0.39, 0.29) is 11.8 Å². The van der Waals surface area contributed by atoms with E-state index in [4.69, 9.17) is 9.47 Å². The molecule has 0 bridgehead atoms. The number of nitrogens with zero attached hydrogens (tertiary/aromatic N) is 3. The molecule has 0 radical (unpaired) electrons. The first-order valence-electron chi connectivity index (χ1n) is 13.2. The number of nitrogens with one attached hydrogen (secondary N) is 1. The Morgan fingerprint density at radius 2 is 1.51 bits per heavy atom. The van der Waals surface area contributed by atoms with Crippen LogP contribution in [0.5, 0.6) is 11.8 Å². The van der Waals surface area contributed by atoms with Gasteiger partial charge in [0.2, 0.25) is 11.8 Å². The minimum Gasteiger partial charge on any atom is -0.473 e. The van der Waals surface area contributed by atoms with Crippen molar-refractivity contribution in [1.29, 1.82) is 0 Å². The summed E-state index contributed by atoms with van der Waals surface area (Å²) >= 11 is 0. The summed E-state index contributed by atoms with van der Waals surface area (Å²) < 4.78 is 13.8. The Labute approximate surface area is 226 Å². The van der Waals surface area contributed by atoms with Gasteiger partial charge in [0.05, 0.1) is 17.1 Å². The summed E-state index contributed by atoms with van der Waals surface area (Å²) in [7, 11) is 0. The third-order valence-corrected chi connectivity index (χ3v) is 7.00. The number of rotatable bonds is 8. The lowest BCUT2D eigenvalue weighted by atomic mass is 10.1. The fourth-order valence-corrected chi connectivity index (χ4v) is 4.88. The van der Waals surface area contributed by atoms with Crippen LogP contribution in [0.2, 0.25) is 0 Å². The molecular formula is C31H30N4O4. The highest BCUT2D eigenvalue weighted by atomic mass is 16.5. The van der Waals surface area contributed by atoms with E-state index in [0.717, 1.165) is 53.8 Å². The van der Waals surface area contributed by atoms with Gasteiger partial charge in [0, 0.05) is 24.8 Å². The highest BCUT2D eigenvalue weighted by Gasteiger charge is 2.20. The monoisotopic (exact) mass is 522 g/mol. The smallest absolute Gasteiger partial charge is 0.331 e. The Morgan fingerprint density at radius 3 is 2.21 bits per heavy atom. The standard InChI is InChI=1S/C31H30N4O4/c36-25-15-17-34(18-16-25)24-11-12-26-28(19-24)35(31(37)32-26)27-13-14-29(38-20-22-7-3-1-4-8-22)33-30(27)39-21-23-9-5-2-6-10-23/h1-14,19,25,36H,15-18,20-21H2,(H,32,37). The fraction of sp³-hybridized carbons (Fsp3) is 0.226. The average molecular weight is 523 g/mol. The van der Waals surface area contributed by atoms with Crippen molar-refractivity contribution in [2.24, 2.45) is 0 Å². The fourth-order valence-electron chi connectivity index (χ4n) is 4.88. The van der Waals surface area contributed by atoms with Gasteiger partial charge in [-0.2, -0.15) is 4.98 Å². The van der Waals surface area contributed by atoms with Gasteiger partial charge in [-0.15, -0.1) is 0 Å². The second kappa shape index (κ2) is 11.0. The molecule has 198 valence electrons. The van der Waals surface area contributed by atoms with Crippen molar-refractivity contribution in [1.82, 2.24) is 14.5 Å². The number of benzene rings is 3. The number of hydrogen-bond acceptors (Lipinski definition) is 6. The van der Waals surface area contributed by atoms with Gasteiger partial charge in [0.25, 0.3) is 0 Å². The summed E-state index contributed by atoms with van der Waals surface area (Å²) in [6, 6.07) is 29.2. The van der Waals surface area contributed by atoms with E-state index in [1.807, 2.05) is 84.9 Å². The molecule has 6 rings (SSSR count). The van der Waals surface area contributed by atoms with Gasteiger partial charge >= 0.3 is 5.69 Å². The SMILES string of the molecule is O=c1[nH]c2ccc(N3CCC(O)CC3)cc2n1-c1ccc(OCc2ccccc2)nc1OCc1ccccc1. The van der Waals surface area contributed by atoms with Crippen LogP contribution in [0.3, 0.4) is 0 Å². The molecule has 0 aliphatic carbocycles. The van der Waals surface area contributed by atoms with Crippen molar-refractivity contribution in [3.05, 3.63) is 113 Å². The minimum atomic E-state index is -0.277. The summed E-state index contributed by atoms with van der Waals surface area (Å²) in [6.07, 6.45) is 1.20. The maximum atomic E-state index is 13.2. The van der Waals surface area contributed by atoms with Gasteiger partial charge in [-0.05, 0) is 48.2 Å². The molecule has 8 nitrogen and oxygen atoms in total. The van der Waals surface area contributed by atoms with Crippen molar-refractivity contribution < 1.29 is 14.6 Å². The Kier molecular flexibility index (Phi) is 7.01. The van der Waals surface area contributed by atoms with E-state index < -0.39 is 0 Å². The van der Waals surface area contributed by atoms with E-state index in [9.17, 15) is 9.90 Å². The molecule has 5 aromatic rings. The maximum Gasteiger partial charge on any atom is 0.331 e. The van der Waals surface area contributed by atoms with Crippen molar-refractivity contribution in [3.63, 3.8) is 0 Å². The number of aliphatic hydroxyl groups is 1. The zero-order chi connectivity index (χ0) is 26.6. The van der Waals surface area contributed by atoms with Crippen molar-refractivity contribution >= 4 is 16.7 Å². The topological polar surface area (TPSA) is 92.6 Å². The molecule has 3 heterocycles. The van der Waals surface area contributed by atoms with E-state index in [1.165, 1.54) is 0 Å². The van der Waals surface area contributed by atoms with Gasteiger partial charge in [0.1, 0.15) is 18.9 Å². The summed E-state index contributed by atoms with van der Waals surface area (Å²) in [5, 5.41) is 9.92. The molecule has 2 N–H and O–H groups in total. The molecular weight excluding hydrogens is 492 g/mol. The van der Waals surface area contributed by atoms with E-state index in [1.54, 1.807) is 10.6 Å². The number of pyridine rings is 1. The van der Waals surface area contributed by atoms with E-state index in [2.05, 4.69) is 14.9 Å². The molecule has 0 amide bonds. The van der Waals surface area contributed by atoms with Gasteiger partial charge in [0.15, 0.2) is 0 Å². The molecule has 2 aromatic heterocycles. The van der Waals surface area contributed by atoms with E-state index in [0.29, 0.717) is 30.7 Å². The molecule has 1 fully saturated rings. The second-order valence-corrected chi connectivity index (χ2v) is 9.71. The quantitative estimate of drug-likeness (QED) is 0.303. The first-order chi connectivity index (χ1) is 19.1. The lowest BCUT2D eigenvalue weighted by Crippen LogP contribution is -2.35. The lowest BCUT2D eigenvalue weighted by molar-refractivity contribution is 0.145. The van der Waals surface area contributed by atoms with Crippen LogP contribution in [0.15, 0.2) is 95.8 Å². The second-order valence-electron chi connectivity index (χ2n) is 9.71. The summed E-state index contributed by atoms with van der Waals surface area (Å²) in [5.41, 5.74) is 4.72. The van der Waals surface area contributed by atoms with Crippen LogP contribution in [-0.2, 0) is 13.2 Å². The number of fused-ring (bicyclic) bond motifs is 1. The highest BCUT2D eigenvalue weighted by molar-refractivity contribution is 5.82. The minimum absolute atomic E-state index is 0.256. The summed E-state index contributed by atoms with van der Waals surface area (Å²) in [4.78, 5) is 23.1. The molecule has 0 unspecified atom stereocenters. The Bertz CT molecular complexity index is 1610. The van der Waals surface area contributed by atoms with Crippen LogP contribution in [0.1, 0.15) is 24.0 Å². The molecule has 8 heteroatoms. The molecule has 0 spiro atoms. The summed E-state index contributed by atoms with van der Waals surface area (Å²) in [5.74, 6) is 0.713. The number of hydrogen-bond donors (Lipinski definition) is 2. The van der Waals surface area contributed by atoms with Crippen molar-refractivity contribution in [2.75, 3.05) is 18.0 Å². The Balaban J connectivity index is 1.36. The zero-order valence-corrected chi connectivity index (χ0v) is 21.5. The molecule has 1 aliphatic rings. The molecule has 1 aliphatic heterocycles. The van der Waals surface area contributed by atoms with Gasteiger partial charge in [-0.25, -0.2) is 4.79 Å². The number of imidazole rings is 1. The van der Waals surface area contributed by atoms with Crippen LogP contribution in [0, 0.1) is 0 Å². The number of aromatic nitrogens is 3. The third kappa shape index (κ3) is 5.51. The number of aromatic amines is 1. The predicted octanol–water partition coefficient (Wildman–Crippen LogP) is 4.83. The van der Waals surface area contributed by atoms with Crippen molar-refractivity contribution in [2.45, 2.75) is 32.2 Å². The van der Waals surface area contributed by atoms with Crippen LogP contribution >= 0.6 is 0 Å². The number of anilines is 1. The van der Waals surface area contributed by atoms with Crippen molar-refractivity contribution in [3.8, 4) is 17.4 Å². The first kappa shape index (κ1) is 24.8. The average Bonchev–Trinajstić information content (AvgIpc) is 3.31. The number of piperidine rings is 1. The van der Waals surface area contributed by atoms with Crippen LogP contribution in [0.4, 0.5) is 5.69 Å². The molecule has 1 saturated heterocycles. The molecule has 39 heavy (non-hydrogen) atoms. The Hall–Kier alpha value is -4.56. The highest BCUT2D eigenvalue weighted by Crippen LogP contribution is 2.30. The van der Waals surface area contributed by atoms with Crippen LogP contribution in [0.25, 0.3) is 16.7 Å². The van der Waals surface area contributed by atoms with Gasteiger partial charge in [-0.3, -0.25) is 4.57 Å². The predicted molar refractivity (Wildman–Crippen MR) is 151 cm³/mol. The number of aliphatic hydroxyl groups excluding tert-OH is 1. The maximum absolute atomic E-state index is 13.2. The Morgan fingerprint density at radius 1 is 0.846 bits per heavy atom. The summed E-state index contributed by atoms with van der Waals surface area (Å²) in [6.45, 7) is 2.19. The van der Waals surface area contributed by atoms with Crippen LogP contribution < -0.4 is 20.1 Å². The third-order valence-electron chi connectivity index (χ3n) is 7.00. The lowest BCUT2D eigenvalue weighted by Gasteiger charge is -2.31. The van der Waals surface area contributed by atoms with E-state index >= 15 is 0 Å². The zero-order valence-electron chi connectivity index (χ0n) is 21.5. The number of H-pyrrole nitrogens is 1. The largest absolute Gasteiger partial charge is 0.473 e. The molecule has 3 aromatic carbocycles. The normalized spacial score (nSPS) is 14.0. The molecule has 0 atom stereocenters. The number of ether oxygens (including phenoxy) is 2. The first-order valence-corrected chi connectivity index (χ1v) is 13.2. The van der Waals surface area contributed by atoms with Crippen LogP contribution in [-0.4, -0.2) is 38.8 Å². The van der Waals surface area contributed by atoms with Gasteiger partial charge in [-0.1, -0.05) is 60.7 Å². The molecule has 0 saturated carbocycles.